The van der Waals surface area contributed by atoms with Crippen LogP contribution in [0.1, 0.15) is 0 Å². The second-order valence-corrected chi connectivity index (χ2v) is 2.67. The van der Waals surface area contributed by atoms with E-state index in [0.29, 0.717) is 0 Å². The van der Waals surface area contributed by atoms with E-state index in [1.54, 1.807) is 0 Å². The SMILES string of the molecule is Cn1c(Br)c[nH]c1=S. The van der Waals surface area contributed by atoms with Gasteiger partial charge in [-0.15, -0.1) is 0 Å². The molecule has 8 heavy (non-hydrogen) atoms. The summed E-state index contributed by atoms with van der Waals surface area (Å²) in [6, 6.07) is 0. The number of nitrogens with one attached hydrogen (secondary N) is 1. The van der Waals surface area contributed by atoms with Gasteiger partial charge in [0.2, 0.25) is 0 Å². The molecule has 0 aliphatic heterocycles. The Morgan fingerprint density at radius 3 is 2.62 bits per heavy atom. The van der Waals surface area contributed by atoms with Gasteiger partial charge in [0.1, 0.15) is 4.60 Å². The summed E-state index contributed by atoms with van der Waals surface area (Å²) < 4.78 is 3.55. The molecule has 1 aromatic heterocycles. The number of hydrogen-bond acceptors (Lipinski definition) is 1. The maximum absolute atomic E-state index is 4.85. The van der Waals surface area contributed by atoms with E-state index in [0.717, 1.165) is 9.37 Å². The Labute approximate surface area is 60.7 Å². The van der Waals surface area contributed by atoms with Gasteiger partial charge in [0.25, 0.3) is 0 Å². The van der Waals surface area contributed by atoms with Crippen molar-refractivity contribution in [2.45, 2.75) is 0 Å². The lowest BCUT2D eigenvalue weighted by atomic mass is 10.9. The van der Waals surface area contributed by atoms with Crippen molar-refractivity contribution in [3.05, 3.63) is 15.6 Å². The van der Waals surface area contributed by atoms with E-state index in [1.165, 1.54) is 0 Å². The molecule has 0 aliphatic carbocycles. The second-order valence-electron chi connectivity index (χ2n) is 1.48. The van der Waals surface area contributed by atoms with Crippen LogP contribution in [-0.4, -0.2) is 9.55 Å². The van der Waals surface area contributed by atoms with Gasteiger partial charge in [0, 0.05) is 13.2 Å². The van der Waals surface area contributed by atoms with Crippen LogP contribution in [0.5, 0.6) is 0 Å². The average molecular weight is 193 g/mol. The molecule has 2 nitrogen and oxygen atoms in total. The van der Waals surface area contributed by atoms with E-state index in [9.17, 15) is 0 Å². The minimum Gasteiger partial charge on any atom is -0.336 e. The van der Waals surface area contributed by atoms with Gasteiger partial charge in [-0.05, 0) is 28.1 Å². The summed E-state index contributed by atoms with van der Waals surface area (Å²) in [5.41, 5.74) is 0. The Hall–Kier alpha value is -0.0900. The van der Waals surface area contributed by atoms with Crippen molar-refractivity contribution in [1.29, 1.82) is 0 Å². The summed E-state index contributed by atoms with van der Waals surface area (Å²) in [6.45, 7) is 0. The molecule has 0 aromatic carbocycles. The predicted octanol–water partition coefficient (Wildman–Crippen LogP) is 1.85. The third kappa shape index (κ3) is 0.855. The quantitative estimate of drug-likeness (QED) is 0.623. The zero-order valence-corrected chi connectivity index (χ0v) is 6.71. The highest BCUT2D eigenvalue weighted by Crippen LogP contribution is 2.05. The number of hydrogen-bond donors (Lipinski definition) is 1. The number of H-pyrrole nitrogens is 1. The molecule has 4 heteroatoms. The van der Waals surface area contributed by atoms with Gasteiger partial charge in [0.15, 0.2) is 4.77 Å². The number of rotatable bonds is 0. The molecule has 0 fully saturated rings. The van der Waals surface area contributed by atoms with E-state index >= 15 is 0 Å². The van der Waals surface area contributed by atoms with Crippen molar-refractivity contribution in [1.82, 2.24) is 9.55 Å². The Bertz CT molecular complexity index is 236. The molecule has 0 atom stereocenters. The smallest absolute Gasteiger partial charge is 0.177 e. The molecular formula is C4H5BrN2S. The van der Waals surface area contributed by atoms with E-state index in [-0.39, 0.29) is 0 Å². The standard InChI is InChI=1S/C4H5BrN2S/c1-7-3(5)2-6-4(7)8/h2H,1H3,(H,6,8). The van der Waals surface area contributed by atoms with Gasteiger partial charge >= 0.3 is 0 Å². The van der Waals surface area contributed by atoms with Crippen LogP contribution in [-0.2, 0) is 7.05 Å². The van der Waals surface area contributed by atoms with E-state index in [2.05, 4.69) is 20.9 Å². The van der Waals surface area contributed by atoms with Gasteiger partial charge in [-0.1, -0.05) is 0 Å². The fourth-order valence-electron chi connectivity index (χ4n) is 0.412. The van der Waals surface area contributed by atoms with Crippen LogP contribution in [0.4, 0.5) is 0 Å². The zero-order valence-electron chi connectivity index (χ0n) is 4.31. The lowest BCUT2D eigenvalue weighted by Gasteiger charge is -1.86. The minimum absolute atomic E-state index is 0.733. The van der Waals surface area contributed by atoms with Crippen molar-refractivity contribution < 1.29 is 0 Å². The van der Waals surface area contributed by atoms with Crippen LogP contribution in [0.25, 0.3) is 0 Å². The van der Waals surface area contributed by atoms with E-state index in [1.807, 2.05) is 17.8 Å². The van der Waals surface area contributed by atoms with Gasteiger partial charge in [-0.3, -0.25) is 0 Å². The molecule has 0 saturated carbocycles. The summed E-state index contributed by atoms with van der Waals surface area (Å²) in [4.78, 5) is 2.87. The second kappa shape index (κ2) is 2.03. The van der Waals surface area contributed by atoms with Gasteiger partial charge in [-0.25, -0.2) is 0 Å². The Kier molecular flexibility index (Phi) is 1.53. The number of imidazole rings is 1. The maximum atomic E-state index is 4.85. The first-order valence-corrected chi connectivity index (χ1v) is 3.32. The normalized spacial score (nSPS) is 9.75. The van der Waals surface area contributed by atoms with Crippen LogP contribution in [0, 0.1) is 4.77 Å². The molecule has 1 rings (SSSR count). The molecule has 0 radical (unpaired) electrons. The largest absolute Gasteiger partial charge is 0.336 e. The Morgan fingerprint density at radius 1 is 1.88 bits per heavy atom. The molecule has 1 N–H and O–H groups in total. The van der Waals surface area contributed by atoms with Crippen molar-refractivity contribution >= 4 is 28.1 Å². The number of halogens is 1. The molecular weight excluding hydrogens is 188 g/mol. The molecule has 0 amide bonds. The minimum atomic E-state index is 0.733. The lowest BCUT2D eigenvalue weighted by Crippen LogP contribution is -1.84. The third-order valence-corrected chi connectivity index (χ3v) is 2.09. The number of nitrogens with zero attached hydrogens (tertiary/aromatic N) is 1. The Balaban J connectivity index is 3.41. The van der Waals surface area contributed by atoms with Crippen LogP contribution in [0.15, 0.2) is 10.8 Å². The average Bonchev–Trinajstić information content (AvgIpc) is 1.98. The third-order valence-electron chi connectivity index (χ3n) is 0.940. The first kappa shape index (κ1) is 6.04. The molecule has 0 spiro atoms. The van der Waals surface area contributed by atoms with Crippen molar-refractivity contribution in [3.8, 4) is 0 Å². The highest BCUT2D eigenvalue weighted by molar-refractivity contribution is 9.10. The first-order chi connectivity index (χ1) is 3.72. The van der Waals surface area contributed by atoms with E-state index in [4.69, 9.17) is 12.2 Å². The highest BCUT2D eigenvalue weighted by atomic mass is 79.9. The van der Waals surface area contributed by atoms with E-state index < -0.39 is 0 Å². The lowest BCUT2D eigenvalue weighted by molar-refractivity contribution is 0.873. The molecule has 1 heterocycles. The molecule has 0 saturated heterocycles. The Morgan fingerprint density at radius 2 is 2.50 bits per heavy atom. The van der Waals surface area contributed by atoms with Gasteiger partial charge in [0.05, 0.1) is 0 Å². The highest BCUT2D eigenvalue weighted by Gasteiger charge is 1.90. The maximum Gasteiger partial charge on any atom is 0.177 e. The van der Waals surface area contributed by atoms with Crippen LogP contribution in [0.3, 0.4) is 0 Å². The van der Waals surface area contributed by atoms with Gasteiger partial charge in [-0.2, -0.15) is 0 Å². The van der Waals surface area contributed by atoms with Crippen molar-refractivity contribution in [2.75, 3.05) is 0 Å². The summed E-state index contributed by atoms with van der Waals surface area (Å²) in [5, 5.41) is 0. The van der Waals surface area contributed by atoms with Crippen LogP contribution in [0.2, 0.25) is 0 Å². The summed E-state index contributed by atoms with van der Waals surface area (Å²) in [7, 11) is 1.89. The summed E-state index contributed by atoms with van der Waals surface area (Å²) >= 11 is 8.13. The number of aromatic amines is 1. The first-order valence-electron chi connectivity index (χ1n) is 2.11. The number of aromatic nitrogens is 2. The molecule has 1 aromatic rings. The summed E-state index contributed by atoms with van der Waals surface area (Å²) in [6.07, 6.45) is 1.81. The van der Waals surface area contributed by atoms with Crippen LogP contribution < -0.4 is 0 Å². The molecule has 0 unspecified atom stereocenters. The fourth-order valence-corrected chi connectivity index (χ4v) is 0.978. The van der Waals surface area contributed by atoms with Gasteiger partial charge < -0.3 is 9.55 Å². The predicted molar refractivity (Wildman–Crippen MR) is 38.3 cm³/mol. The molecule has 0 aliphatic rings. The zero-order chi connectivity index (χ0) is 6.15. The van der Waals surface area contributed by atoms with Crippen LogP contribution >= 0.6 is 28.1 Å². The van der Waals surface area contributed by atoms with Crippen molar-refractivity contribution in [2.24, 2.45) is 7.05 Å². The van der Waals surface area contributed by atoms with Crippen molar-refractivity contribution in [3.63, 3.8) is 0 Å². The monoisotopic (exact) mass is 192 g/mol. The summed E-state index contributed by atoms with van der Waals surface area (Å²) in [5.74, 6) is 0. The fraction of sp³-hybridized carbons (Fsp3) is 0.250. The molecule has 44 valence electrons. The topological polar surface area (TPSA) is 20.7 Å². The molecule has 0 bridgehead atoms.